The lowest BCUT2D eigenvalue weighted by Crippen LogP contribution is -2.35. The summed E-state index contributed by atoms with van der Waals surface area (Å²) in [6.07, 6.45) is 9.56. The number of thioether (sulfide) groups is 1. The highest BCUT2D eigenvalue weighted by molar-refractivity contribution is 7.99. The van der Waals surface area contributed by atoms with Crippen LogP contribution >= 0.6 is 11.8 Å². The molecule has 3 atom stereocenters. The highest BCUT2D eigenvalue weighted by Crippen LogP contribution is 2.41. The minimum Gasteiger partial charge on any atom is -0.479 e. The van der Waals surface area contributed by atoms with Gasteiger partial charge in [0.2, 0.25) is 5.78 Å². The molecule has 0 saturated carbocycles. The fourth-order valence-corrected chi connectivity index (χ4v) is 2.80. The number of Topliss-reactive ketones (excluding diaryl/α,β-unsaturated/α-hetero) is 1. The lowest BCUT2D eigenvalue weighted by Gasteiger charge is -2.25. The van der Waals surface area contributed by atoms with Crippen LogP contribution in [0.2, 0.25) is 0 Å². The molecule has 0 aromatic carbocycles. The van der Waals surface area contributed by atoms with Crippen LogP contribution in [0.5, 0.6) is 0 Å². The van der Waals surface area contributed by atoms with Crippen LogP contribution in [0.25, 0.3) is 0 Å². The molecule has 0 radical (unpaired) electrons. The molecule has 0 spiro atoms. The number of ether oxygens (including phenoxy) is 2. The summed E-state index contributed by atoms with van der Waals surface area (Å²) >= 11 is 1.49. The summed E-state index contributed by atoms with van der Waals surface area (Å²) in [4.78, 5) is 12.4. The van der Waals surface area contributed by atoms with Gasteiger partial charge in [0, 0.05) is 6.42 Å². The third-order valence-corrected chi connectivity index (χ3v) is 4.17. The molecule has 0 bridgehead atoms. The Bertz CT molecular complexity index is 480. The van der Waals surface area contributed by atoms with Gasteiger partial charge in [-0.15, -0.1) is 11.8 Å². The van der Waals surface area contributed by atoms with E-state index in [0.717, 1.165) is 6.42 Å². The Morgan fingerprint density at radius 2 is 2.25 bits per heavy atom. The molecule has 0 aromatic heterocycles. The minimum absolute atomic E-state index is 0.178. The van der Waals surface area contributed by atoms with E-state index in [0.29, 0.717) is 12.2 Å². The van der Waals surface area contributed by atoms with E-state index in [1.165, 1.54) is 11.8 Å². The minimum atomic E-state index is -1.19. The average molecular weight is 296 g/mol. The molecule has 2 heterocycles. The first kappa shape index (κ1) is 15.4. The molecular weight excluding hydrogens is 276 g/mol. The van der Waals surface area contributed by atoms with Crippen LogP contribution in [0.15, 0.2) is 35.6 Å². The topological polar surface area (TPSA) is 55.8 Å². The van der Waals surface area contributed by atoms with E-state index in [4.69, 9.17) is 9.47 Å². The zero-order valence-corrected chi connectivity index (χ0v) is 12.8. The molecule has 2 aliphatic heterocycles. The number of carbonyl (C=O) groups excluding carboxylic acids is 1. The van der Waals surface area contributed by atoms with Gasteiger partial charge in [0.15, 0.2) is 11.9 Å². The van der Waals surface area contributed by atoms with Crippen molar-refractivity contribution in [3.63, 3.8) is 0 Å². The molecule has 110 valence electrons. The normalized spacial score (nSPS) is 34.1. The summed E-state index contributed by atoms with van der Waals surface area (Å²) in [7, 11) is 0. The van der Waals surface area contributed by atoms with Crippen LogP contribution < -0.4 is 0 Å². The van der Waals surface area contributed by atoms with Crippen LogP contribution in [-0.2, 0) is 14.3 Å². The van der Waals surface area contributed by atoms with Gasteiger partial charge >= 0.3 is 0 Å². The number of aliphatic hydroxyl groups excluding tert-OH is 1. The first-order chi connectivity index (χ1) is 9.51. The van der Waals surface area contributed by atoms with Gasteiger partial charge in [-0.2, -0.15) is 0 Å². The molecule has 4 nitrogen and oxygen atoms in total. The largest absolute Gasteiger partial charge is 0.479 e. The van der Waals surface area contributed by atoms with Crippen molar-refractivity contribution in [1.82, 2.24) is 0 Å². The average Bonchev–Trinajstić information content (AvgIpc) is 2.67. The van der Waals surface area contributed by atoms with E-state index in [-0.39, 0.29) is 16.8 Å². The highest BCUT2D eigenvalue weighted by atomic mass is 32.2. The van der Waals surface area contributed by atoms with Gasteiger partial charge in [-0.05, 0) is 25.7 Å². The van der Waals surface area contributed by atoms with Gasteiger partial charge in [0.05, 0.1) is 5.57 Å². The Kier molecular flexibility index (Phi) is 4.73. The second-order valence-electron chi connectivity index (χ2n) is 4.93. The number of rotatable bonds is 4. The molecule has 2 unspecified atom stereocenters. The van der Waals surface area contributed by atoms with Crippen LogP contribution in [0.1, 0.15) is 26.7 Å². The van der Waals surface area contributed by atoms with Crippen LogP contribution in [0, 0.1) is 0 Å². The molecule has 20 heavy (non-hydrogen) atoms. The molecule has 0 amide bonds. The fraction of sp³-hybridized carbons (Fsp3) is 0.533. The standard InChI is InChI=1S/C15H20O4S/c1-4-5-6-7-8-15(2)13(16)12-10(19-15)9-11(20-3)18-14(12)17/h5-8,11,14,17H,4,9H2,1-3H3/b6-5+,8-7+/t11?,14?,15-/m1/s1. The third-order valence-electron chi connectivity index (χ3n) is 3.37. The second-order valence-corrected chi connectivity index (χ2v) is 5.93. The Morgan fingerprint density at radius 1 is 1.50 bits per heavy atom. The Balaban J connectivity index is 2.18. The molecule has 1 N–H and O–H groups in total. The summed E-state index contributed by atoms with van der Waals surface area (Å²) in [6.45, 7) is 3.75. The van der Waals surface area contributed by atoms with Crippen molar-refractivity contribution in [3.05, 3.63) is 35.6 Å². The van der Waals surface area contributed by atoms with Crippen molar-refractivity contribution in [3.8, 4) is 0 Å². The Labute approximate surface area is 123 Å². The number of hydrogen-bond donors (Lipinski definition) is 1. The number of carbonyl (C=O) groups is 1. The Morgan fingerprint density at radius 3 is 2.90 bits per heavy atom. The first-order valence-electron chi connectivity index (χ1n) is 6.69. The van der Waals surface area contributed by atoms with Crippen LogP contribution in [0.4, 0.5) is 0 Å². The summed E-state index contributed by atoms with van der Waals surface area (Å²) in [5.41, 5.74) is -0.954. The number of aliphatic hydroxyl groups is 1. The van der Waals surface area contributed by atoms with Crippen LogP contribution in [-0.4, -0.2) is 34.5 Å². The van der Waals surface area contributed by atoms with E-state index in [9.17, 15) is 9.90 Å². The maximum atomic E-state index is 12.4. The van der Waals surface area contributed by atoms with Gasteiger partial charge in [-0.3, -0.25) is 4.79 Å². The van der Waals surface area contributed by atoms with E-state index in [1.807, 2.05) is 25.3 Å². The second kappa shape index (κ2) is 6.16. The van der Waals surface area contributed by atoms with E-state index in [2.05, 4.69) is 0 Å². The van der Waals surface area contributed by atoms with Gasteiger partial charge in [0.25, 0.3) is 0 Å². The lowest BCUT2D eigenvalue weighted by molar-refractivity contribution is -0.129. The van der Waals surface area contributed by atoms with Crippen molar-refractivity contribution in [1.29, 1.82) is 0 Å². The lowest BCUT2D eigenvalue weighted by atomic mass is 9.95. The molecule has 0 fully saturated rings. The third kappa shape index (κ3) is 2.85. The Hall–Kier alpha value is -1.04. The number of ketones is 1. The van der Waals surface area contributed by atoms with Crippen molar-refractivity contribution in [2.45, 2.75) is 44.0 Å². The molecule has 2 rings (SSSR count). The molecule has 0 saturated heterocycles. The van der Waals surface area contributed by atoms with Crippen molar-refractivity contribution in [2.24, 2.45) is 0 Å². The van der Waals surface area contributed by atoms with Crippen molar-refractivity contribution in [2.75, 3.05) is 6.26 Å². The maximum Gasteiger partial charge on any atom is 0.214 e. The maximum absolute atomic E-state index is 12.4. The van der Waals surface area contributed by atoms with Crippen LogP contribution in [0.3, 0.4) is 0 Å². The van der Waals surface area contributed by atoms with Crippen molar-refractivity contribution < 1.29 is 19.4 Å². The monoisotopic (exact) mass is 296 g/mol. The van der Waals surface area contributed by atoms with E-state index < -0.39 is 11.9 Å². The summed E-state index contributed by atoms with van der Waals surface area (Å²) < 4.78 is 11.2. The SMILES string of the molecule is CC/C=C/C=C/[C@@]1(C)OC2=C(C1=O)C(O)OC(SC)C2. The summed E-state index contributed by atoms with van der Waals surface area (Å²) in [5.74, 6) is 0.334. The summed E-state index contributed by atoms with van der Waals surface area (Å²) in [5, 5.41) is 9.96. The van der Waals surface area contributed by atoms with E-state index in [1.54, 1.807) is 19.1 Å². The first-order valence-corrected chi connectivity index (χ1v) is 7.98. The predicted molar refractivity (Wildman–Crippen MR) is 79.1 cm³/mol. The smallest absolute Gasteiger partial charge is 0.214 e. The predicted octanol–water partition coefficient (Wildman–Crippen LogP) is 2.55. The number of allylic oxidation sites excluding steroid dienone is 3. The zero-order chi connectivity index (χ0) is 14.8. The molecule has 2 aliphatic rings. The van der Waals surface area contributed by atoms with Gasteiger partial charge < -0.3 is 14.6 Å². The number of hydrogen-bond acceptors (Lipinski definition) is 5. The quantitative estimate of drug-likeness (QED) is 0.808. The molecule has 0 aliphatic carbocycles. The van der Waals surface area contributed by atoms with Crippen molar-refractivity contribution >= 4 is 17.5 Å². The van der Waals surface area contributed by atoms with Gasteiger partial charge in [-0.25, -0.2) is 0 Å². The van der Waals surface area contributed by atoms with Gasteiger partial charge in [-0.1, -0.05) is 25.2 Å². The molecular formula is C15H20O4S. The van der Waals surface area contributed by atoms with E-state index >= 15 is 0 Å². The molecule has 0 aromatic rings. The summed E-state index contributed by atoms with van der Waals surface area (Å²) in [6, 6.07) is 0. The van der Waals surface area contributed by atoms with Gasteiger partial charge in [0.1, 0.15) is 11.2 Å². The highest BCUT2D eigenvalue weighted by Gasteiger charge is 2.49. The fourth-order valence-electron chi connectivity index (χ4n) is 2.27. The molecule has 5 heteroatoms. The zero-order valence-electron chi connectivity index (χ0n) is 12.0.